The molecule has 0 aromatic heterocycles. The maximum absolute atomic E-state index is 12.1. The second-order valence-electron chi connectivity index (χ2n) is 2.50. The summed E-state index contributed by atoms with van der Waals surface area (Å²) < 4.78 is 12.1. The van der Waals surface area contributed by atoms with E-state index in [9.17, 15) is 4.39 Å². The summed E-state index contributed by atoms with van der Waals surface area (Å²) >= 11 is 0. The summed E-state index contributed by atoms with van der Waals surface area (Å²) in [4.78, 5) is 0. The molecule has 0 nitrogen and oxygen atoms in total. The Morgan fingerprint density at radius 3 is 1.73 bits per heavy atom. The molecule has 0 saturated carbocycles. The van der Waals surface area contributed by atoms with Crippen molar-refractivity contribution in [2.45, 2.75) is 27.2 Å². The fraction of sp³-hybridized carbons (Fsp3) is 0.400. The van der Waals surface area contributed by atoms with Crippen LogP contribution in [0.1, 0.15) is 25.8 Å². The van der Waals surface area contributed by atoms with Gasteiger partial charge in [0.15, 0.2) is 0 Å². The Balaban J connectivity index is 0.000000292. The first-order chi connectivity index (χ1) is 5.20. The summed E-state index contributed by atoms with van der Waals surface area (Å²) in [7, 11) is 0. The normalized spacial score (nSPS) is 8.36. The molecule has 0 amide bonds. The van der Waals surface area contributed by atoms with E-state index in [-0.39, 0.29) is 5.82 Å². The van der Waals surface area contributed by atoms with Crippen LogP contribution < -0.4 is 0 Å². The highest BCUT2D eigenvalue weighted by atomic mass is 19.1. The van der Waals surface area contributed by atoms with E-state index in [1.165, 1.54) is 18.6 Å². The van der Waals surface area contributed by atoms with E-state index in [1.807, 2.05) is 6.92 Å². The maximum Gasteiger partial charge on any atom is 0.123 e. The Kier molecular flexibility index (Phi) is 5.44. The van der Waals surface area contributed by atoms with Gasteiger partial charge in [0, 0.05) is 0 Å². The quantitative estimate of drug-likeness (QED) is 0.536. The standard InChI is InChI=1S/C7H7F.C3H8/c1-6-2-4-7(8)5-3-6;1-3-2/h2-5H,1H3;3H2,1-2H3. The summed E-state index contributed by atoms with van der Waals surface area (Å²) in [5.41, 5.74) is 1.09. The van der Waals surface area contributed by atoms with Crippen LogP contribution in [0, 0.1) is 12.7 Å². The van der Waals surface area contributed by atoms with Crippen molar-refractivity contribution >= 4 is 0 Å². The van der Waals surface area contributed by atoms with Crippen molar-refractivity contribution in [3.63, 3.8) is 0 Å². The van der Waals surface area contributed by atoms with E-state index in [4.69, 9.17) is 0 Å². The Morgan fingerprint density at radius 1 is 1.09 bits per heavy atom. The van der Waals surface area contributed by atoms with Crippen LogP contribution in [-0.2, 0) is 0 Å². The van der Waals surface area contributed by atoms with Gasteiger partial charge in [-0.05, 0) is 19.1 Å². The molecule has 0 bridgehead atoms. The van der Waals surface area contributed by atoms with Gasteiger partial charge in [0.25, 0.3) is 0 Å². The zero-order chi connectivity index (χ0) is 8.69. The molecule has 11 heavy (non-hydrogen) atoms. The van der Waals surface area contributed by atoms with Crippen LogP contribution in [-0.4, -0.2) is 0 Å². The number of aryl methyl sites for hydroxylation is 1. The second-order valence-corrected chi connectivity index (χ2v) is 2.50. The summed E-state index contributed by atoms with van der Waals surface area (Å²) in [6.45, 7) is 6.18. The summed E-state index contributed by atoms with van der Waals surface area (Å²) in [5.74, 6) is -0.171. The first kappa shape index (κ1) is 10.2. The Morgan fingerprint density at radius 2 is 1.45 bits per heavy atom. The molecule has 1 rings (SSSR count). The molecule has 0 atom stereocenters. The third-order valence-corrected chi connectivity index (χ3v) is 1.01. The SMILES string of the molecule is CCC.Cc1ccc(F)cc1. The fourth-order valence-corrected chi connectivity index (χ4v) is 0.533. The molecular formula is C10H15F. The van der Waals surface area contributed by atoms with Crippen molar-refractivity contribution in [1.82, 2.24) is 0 Å². The molecule has 1 aromatic rings. The van der Waals surface area contributed by atoms with Gasteiger partial charge in [-0.25, -0.2) is 4.39 Å². The van der Waals surface area contributed by atoms with Gasteiger partial charge in [-0.3, -0.25) is 0 Å². The monoisotopic (exact) mass is 154 g/mol. The predicted octanol–water partition coefficient (Wildman–Crippen LogP) is 3.55. The maximum atomic E-state index is 12.1. The lowest BCUT2D eigenvalue weighted by Gasteiger charge is -1.87. The van der Waals surface area contributed by atoms with Crippen molar-refractivity contribution in [2.75, 3.05) is 0 Å². The average Bonchev–Trinajstić information content (AvgIpc) is 1.97. The average molecular weight is 154 g/mol. The van der Waals surface area contributed by atoms with Crippen molar-refractivity contribution < 1.29 is 4.39 Å². The van der Waals surface area contributed by atoms with Crippen LogP contribution in [0.3, 0.4) is 0 Å². The van der Waals surface area contributed by atoms with Crippen LogP contribution >= 0.6 is 0 Å². The Bertz CT molecular complexity index is 156. The molecule has 0 fully saturated rings. The number of halogens is 1. The Hall–Kier alpha value is -0.850. The van der Waals surface area contributed by atoms with Gasteiger partial charge in [-0.2, -0.15) is 0 Å². The first-order valence-electron chi connectivity index (χ1n) is 3.92. The van der Waals surface area contributed by atoms with E-state index in [0.29, 0.717) is 0 Å². The largest absolute Gasteiger partial charge is 0.207 e. The highest BCUT2D eigenvalue weighted by molar-refractivity contribution is 5.13. The number of hydrogen-bond acceptors (Lipinski definition) is 0. The van der Waals surface area contributed by atoms with Gasteiger partial charge in [-0.1, -0.05) is 38.0 Å². The minimum atomic E-state index is -0.171. The summed E-state index contributed by atoms with van der Waals surface area (Å²) in [6, 6.07) is 6.40. The molecule has 0 aliphatic carbocycles. The molecule has 0 aliphatic heterocycles. The molecule has 0 aliphatic rings. The molecule has 0 radical (unpaired) electrons. The molecule has 0 spiro atoms. The molecular weight excluding hydrogens is 139 g/mol. The van der Waals surface area contributed by atoms with Gasteiger partial charge in [0.05, 0.1) is 0 Å². The van der Waals surface area contributed by atoms with E-state index in [0.717, 1.165) is 5.56 Å². The van der Waals surface area contributed by atoms with E-state index >= 15 is 0 Å². The van der Waals surface area contributed by atoms with Gasteiger partial charge in [0.2, 0.25) is 0 Å². The van der Waals surface area contributed by atoms with Crippen LogP contribution in [0.5, 0.6) is 0 Å². The van der Waals surface area contributed by atoms with Crippen molar-refractivity contribution in [1.29, 1.82) is 0 Å². The molecule has 0 heterocycles. The first-order valence-corrected chi connectivity index (χ1v) is 3.92. The van der Waals surface area contributed by atoms with Crippen molar-refractivity contribution in [3.8, 4) is 0 Å². The van der Waals surface area contributed by atoms with Crippen LogP contribution in [0.15, 0.2) is 24.3 Å². The smallest absolute Gasteiger partial charge is 0.123 e. The fourth-order valence-electron chi connectivity index (χ4n) is 0.533. The molecule has 0 unspecified atom stereocenters. The summed E-state index contributed by atoms with van der Waals surface area (Å²) in [5, 5.41) is 0. The molecule has 0 N–H and O–H groups in total. The predicted molar refractivity (Wildman–Crippen MR) is 47.1 cm³/mol. The highest BCUT2D eigenvalue weighted by Gasteiger charge is 1.83. The zero-order valence-corrected chi connectivity index (χ0v) is 7.39. The number of rotatable bonds is 0. The Labute approximate surface area is 68.1 Å². The van der Waals surface area contributed by atoms with Crippen LogP contribution in [0.2, 0.25) is 0 Å². The molecule has 1 aromatic carbocycles. The van der Waals surface area contributed by atoms with E-state index < -0.39 is 0 Å². The van der Waals surface area contributed by atoms with Gasteiger partial charge >= 0.3 is 0 Å². The second kappa shape index (κ2) is 5.90. The van der Waals surface area contributed by atoms with Gasteiger partial charge in [-0.15, -0.1) is 0 Å². The zero-order valence-electron chi connectivity index (χ0n) is 7.39. The minimum Gasteiger partial charge on any atom is -0.207 e. The lowest BCUT2D eigenvalue weighted by atomic mass is 10.2. The third kappa shape index (κ3) is 5.59. The lowest BCUT2D eigenvalue weighted by Crippen LogP contribution is -1.71. The van der Waals surface area contributed by atoms with Gasteiger partial charge in [0.1, 0.15) is 5.82 Å². The lowest BCUT2D eigenvalue weighted by molar-refractivity contribution is 0.627. The number of hydrogen-bond donors (Lipinski definition) is 0. The van der Waals surface area contributed by atoms with Crippen LogP contribution in [0.4, 0.5) is 4.39 Å². The molecule has 0 saturated heterocycles. The van der Waals surface area contributed by atoms with E-state index in [2.05, 4.69) is 13.8 Å². The van der Waals surface area contributed by atoms with Gasteiger partial charge < -0.3 is 0 Å². The van der Waals surface area contributed by atoms with Crippen molar-refractivity contribution in [3.05, 3.63) is 35.6 Å². The summed E-state index contributed by atoms with van der Waals surface area (Å²) in [6.07, 6.45) is 1.25. The third-order valence-electron chi connectivity index (χ3n) is 1.01. The van der Waals surface area contributed by atoms with Crippen molar-refractivity contribution in [2.24, 2.45) is 0 Å². The topological polar surface area (TPSA) is 0 Å². The molecule has 62 valence electrons. The minimum absolute atomic E-state index is 0.171. The number of benzene rings is 1. The van der Waals surface area contributed by atoms with E-state index in [1.54, 1.807) is 12.1 Å². The molecule has 1 heteroatoms. The van der Waals surface area contributed by atoms with Crippen LogP contribution in [0.25, 0.3) is 0 Å². The highest BCUT2D eigenvalue weighted by Crippen LogP contribution is 1.98.